The minimum Gasteiger partial charge on any atom is -0.480 e. The van der Waals surface area contributed by atoms with E-state index < -0.39 is 49.8 Å². The molecule has 0 radical (unpaired) electrons. The van der Waals surface area contributed by atoms with Crippen molar-refractivity contribution in [2.45, 2.75) is 31.7 Å². The third-order valence-corrected chi connectivity index (χ3v) is 4.09. The Morgan fingerprint density at radius 2 is 1.62 bits per heavy atom. The van der Waals surface area contributed by atoms with E-state index in [9.17, 15) is 26.4 Å². The molecule has 0 saturated carbocycles. The molecule has 1 rings (SSSR count). The van der Waals surface area contributed by atoms with Gasteiger partial charge in [0.1, 0.15) is 23.5 Å². The fraction of sp³-hybridized carbons (Fsp3) is 0.417. The van der Waals surface area contributed by atoms with Crippen LogP contribution in [0.15, 0.2) is 17.0 Å². The predicted octanol–water partition coefficient (Wildman–Crippen LogP) is 1.88. The lowest BCUT2D eigenvalue weighted by molar-refractivity contribution is -0.141. The minimum absolute atomic E-state index is 0.199. The Morgan fingerprint density at radius 3 is 1.95 bits per heavy atom. The Labute approximate surface area is 119 Å². The molecule has 1 aromatic rings. The summed E-state index contributed by atoms with van der Waals surface area (Å²) in [6.07, 6.45) is 0. The number of carbonyl (C=O) groups is 1. The number of nitrogens with one attached hydrogen (secondary N) is 1. The summed E-state index contributed by atoms with van der Waals surface area (Å²) < 4.78 is 65.5. The molecule has 9 heteroatoms. The lowest BCUT2D eigenvalue weighted by Gasteiger charge is -2.27. The van der Waals surface area contributed by atoms with Crippen molar-refractivity contribution in [1.82, 2.24) is 4.72 Å². The van der Waals surface area contributed by atoms with E-state index in [-0.39, 0.29) is 12.1 Å². The predicted molar refractivity (Wildman–Crippen MR) is 67.5 cm³/mol. The molecule has 0 fully saturated rings. The van der Waals surface area contributed by atoms with Gasteiger partial charge in [0, 0.05) is 12.1 Å². The fourth-order valence-corrected chi connectivity index (χ4v) is 3.11. The van der Waals surface area contributed by atoms with Crippen LogP contribution in [0.4, 0.5) is 13.2 Å². The maximum Gasteiger partial charge on any atom is 0.322 e. The van der Waals surface area contributed by atoms with Crippen molar-refractivity contribution in [3.8, 4) is 0 Å². The minimum atomic E-state index is -4.81. The van der Waals surface area contributed by atoms with Gasteiger partial charge in [0.25, 0.3) is 0 Å². The molecule has 0 spiro atoms. The standard InChI is InChI=1S/C12H14F3NO4S/c1-12(2,3)10(11(17)18)16-21(19,20)9-7(14)4-6(13)5-8(9)15/h4-5,10,16H,1-3H3,(H,17,18)/t10-/m1/s1. The maximum absolute atomic E-state index is 13.5. The highest BCUT2D eigenvalue weighted by atomic mass is 32.2. The highest BCUT2D eigenvalue weighted by Gasteiger charge is 2.37. The van der Waals surface area contributed by atoms with E-state index in [4.69, 9.17) is 5.11 Å². The van der Waals surface area contributed by atoms with Crippen molar-refractivity contribution in [1.29, 1.82) is 0 Å². The summed E-state index contributed by atoms with van der Waals surface area (Å²) in [7, 11) is -4.81. The Bertz CT molecular complexity index is 645. The first kappa shape index (κ1) is 17.4. The molecule has 2 N–H and O–H groups in total. The quantitative estimate of drug-likeness (QED) is 0.885. The van der Waals surface area contributed by atoms with Crippen LogP contribution in [0.3, 0.4) is 0 Å². The zero-order valence-electron chi connectivity index (χ0n) is 11.4. The number of benzene rings is 1. The SMILES string of the molecule is CC(C)(C)[C@H](NS(=O)(=O)c1c(F)cc(F)cc1F)C(=O)O. The summed E-state index contributed by atoms with van der Waals surface area (Å²) >= 11 is 0. The molecular weight excluding hydrogens is 311 g/mol. The molecule has 0 amide bonds. The van der Waals surface area contributed by atoms with Gasteiger partial charge in [-0.05, 0) is 5.41 Å². The van der Waals surface area contributed by atoms with Gasteiger partial charge in [-0.1, -0.05) is 20.8 Å². The molecule has 0 aliphatic carbocycles. The maximum atomic E-state index is 13.5. The van der Waals surface area contributed by atoms with Crippen molar-refractivity contribution in [3.05, 3.63) is 29.6 Å². The molecule has 21 heavy (non-hydrogen) atoms. The van der Waals surface area contributed by atoms with Crippen LogP contribution < -0.4 is 4.72 Å². The van der Waals surface area contributed by atoms with Gasteiger partial charge in [-0.15, -0.1) is 0 Å². The lowest BCUT2D eigenvalue weighted by Crippen LogP contribution is -2.49. The highest BCUT2D eigenvalue weighted by molar-refractivity contribution is 7.89. The largest absolute Gasteiger partial charge is 0.480 e. The van der Waals surface area contributed by atoms with Gasteiger partial charge >= 0.3 is 5.97 Å². The number of hydrogen-bond donors (Lipinski definition) is 2. The van der Waals surface area contributed by atoms with Crippen LogP contribution in [0.1, 0.15) is 20.8 Å². The van der Waals surface area contributed by atoms with Crippen LogP contribution in [0.25, 0.3) is 0 Å². The third kappa shape index (κ3) is 3.94. The van der Waals surface area contributed by atoms with Gasteiger partial charge in [0.2, 0.25) is 10.0 Å². The second-order valence-corrected chi connectivity index (χ2v) is 7.11. The molecule has 0 unspecified atom stereocenters. The number of aliphatic carboxylic acids is 1. The topological polar surface area (TPSA) is 83.5 Å². The van der Waals surface area contributed by atoms with E-state index in [1.807, 2.05) is 0 Å². The molecule has 0 aliphatic rings. The molecule has 118 valence electrons. The zero-order valence-corrected chi connectivity index (χ0v) is 12.3. The molecule has 0 heterocycles. The third-order valence-electron chi connectivity index (χ3n) is 2.62. The van der Waals surface area contributed by atoms with Crippen LogP contribution in [-0.4, -0.2) is 25.5 Å². The summed E-state index contributed by atoms with van der Waals surface area (Å²) in [6, 6.07) is -1.22. The van der Waals surface area contributed by atoms with E-state index >= 15 is 0 Å². The molecule has 0 bridgehead atoms. The smallest absolute Gasteiger partial charge is 0.322 e. The first-order valence-electron chi connectivity index (χ1n) is 5.76. The normalized spacial score (nSPS) is 14.0. The lowest BCUT2D eigenvalue weighted by atomic mass is 9.88. The van der Waals surface area contributed by atoms with Crippen molar-refractivity contribution < 1.29 is 31.5 Å². The Morgan fingerprint density at radius 1 is 1.19 bits per heavy atom. The van der Waals surface area contributed by atoms with E-state index in [1.165, 1.54) is 20.8 Å². The van der Waals surface area contributed by atoms with E-state index in [0.717, 1.165) is 0 Å². The first-order chi connectivity index (χ1) is 9.36. The Kier molecular flexibility index (Phi) is 4.69. The molecule has 0 aliphatic heterocycles. The number of carboxylic acid groups (broad SMARTS) is 1. The van der Waals surface area contributed by atoms with Crippen LogP contribution >= 0.6 is 0 Å². The Balaban J connectivity index is 3.33. The number of rotatable bonds is 4. The first-order valence-corrected chi connectivity index (χ1v) is 7.24. The van der Waals surface area contributed by atoms with Gasteiger partial charge < -0.3 is 5.11 Å². The van der Waals surface area contributed by atoms with Crippen LogP contribution in [0.5, 0.6) is 0 Å². The van der Waals surface area contributed by atoms with Gasteiger partial charge in [-0.25, -0.2) is 21.6 Å². The van der Waals surface area contributed by atoms with E-state index in [2.05, 4.69) is 0 Å². The van der Waals surface area contributed by atoms with E-state index in [0.29, 0.717) is 0 Å². The van der Waals surface area contributed by atoms with Crippen LogP contribution in [0, 0.1) is 22.9 Å². The van der Waals surface area contributed by atoms with Gasteiger partial charge in [-0.3, -0.25) is 4.79 Å². The molecule has 0 saturated heterocycles. The zero-order chi connectivity index (χ0) is 16.6. The van der Waals surface area contributed by atoms with Gasteiger partial charge in [-0.2, -0.15) is 4.72 Å². The summed E-state index contributed by atoms with van der Waals surface area (Å²) in [6.45, 7) is 4.31. The van der Waals surface area contributed by atoms with Crippen LogP contribution in [0.2, 0.25) is 0 Å². The van der Waals surface area contributed by atoms with Gasteiger partial charge in [0.05, 0.1) is 0 Å². The van der Waals surface area contributed by atoms with Gasteiger partial charge in [0.15, 0.2) is 4.90 Å². The summed E-state index contributed by atoms with van der Waals surface area (Å²) in [5, 5.41) is 9.03. The van der Waals surface area contributed by atoms with Crippen molar-refractivity contribution in [2.75, 3.05) is 0 Å². The average molecular weight is 325 g/mol. The molecular formula is C12H14F3NO4S. The van der Waals surface area contributed by atoms with Crippen molar-refractivity contribution in [2.24, 2.45) is 5.41 Å². The molecule has 5 nitrogen and oxygen atoms in total. The van der Waals surface area contributed by atoms with Crippen molar-refractivity contribution in [3.63, 3.8) is 0 Å². The molecule has 1 aromatic carbocycles. The number of hydrogen-bond acceptors (Lipinski definition) is 3. The summed E-state index contributed by atoms with van der Waals surface area (Å²) in [5.74, 6) is -6.07. The van der Waals surface area contributed by atoms with E-state index in [1.54, 1.807) is 4.72 Å². The number of halogens is 3. The fourth-order valence-electron chi connectivity index (χ4n) is 1.60. The second kappa shape index (κ2) is 5.64. The van der Waals surface area contributed by atoms with Crippen molar-refractivity contribution >= 4 is 16.0 Å². The monoisotopic (exact) mass is 325 g/mol. The second-order valence-electron chi connectivity index (χ2n) is 5.46. The summed E-state index contributed by atoms with van der Waals surface area (Å²) in [4.78, 5) is 9.69. The summed E-state index contributed by atoms with van der Waals surface area (Å²) in [5.41, 5.74) is -1.05. The average Bonchev–Trinajstić information content (AvgIpc) is 2.21. The molecule has 1 atom stereocenters. The number of sulfonamides is 1. The Hall–Kier alpha value is -1.61. The molecule has 0 aromatic heterocycles. The van der Waals surface area contributed by atoms with Crippen LogP contribution in [-0.2, 0) is 14.8 Å². The number of carboxylic acids is 1. The highest BCUT2D eigenvalue weighted by Crippen LogP contribution is 2.24.